The number of aliphatic carboxylic acids is 1. The van der Waals surface area contributed by atoms with Crippen molar-refractivity contribution in [3.63, 3.8) is 0 Å². The number of piperidine rings is 1. The summed E-state index contributed by atoms with van der Waals surface area (Å²) in [5.41, 5.74) is 0.453. The predicted molar refractivity (Wildman–Crippen MR) is 97.8 cm³/mol. The van der Waals surface area contributed by atoms with E-state index < -0.39 is 17.5 Å². The number of rotatable bonds is 5. The van der Waals surface area contributed by atoms with Gasteiger partial charge in [-0.05, 0) is 43.0 Å². The van der Waals surface area contributed by atoms with Crippen molar-refractivity contribution in [1.82, 2.24) is 4.98 Å². The van der Waals surface area contributed by atoms with E-state index in [1.54, 1.807) is 12.1 Å². The van der Waals surface area contributed by atoms with Gasteiger partial charge in [-0.2, -0.15) is 0 Å². The van der Waals surface area contributed by atoms with Crippen LogP contribution in [0.1, 0.15) is 25.7 Å². The zero-order chi connectivity index (χ0) is 18.3. The first-order valence-electron chi connectivity index (χ1n) is 8.86. The van der Waals surface area contributed by atoms with Crippen LogP contribution in [0.3, 0.4) is 0 Å². The van der Waals surface area contributed by atoms with Gasteiger partial charge in [0.25, 0.3) is 0 Å². The molecule has 0 bridgehead atoms. The first kappa shape index (κ1) is 17.4. The number of carboxylic acid groups (broad SMARTS) is 1. The molecule has 0 spiro atoms. The van der Waals surface area contributed by atoms with E-state index in [1.165, 1.54) is 23.5 Å². The minimum absolute atomic E-state index is 0.274. The van der Waals surface area contributed by atoms with Crippen molar-refractivity contribution in [2.75, 3.05) is 18.0 Å². The molecule has 138 valence electrons. The molecule has 1 aromatic carbocycles. The normalized spacial score (nSPS) is 26.1. The molecule has 1 aliphatic carbocycles. The number of nitrogens with zero attached hydrogens (tertiary/aromatic N) is 2. The lowest BCUT2D eigenvalue weighted by atomic mass is 9.73. The van der Waals surface area contributed by atoms with Crippen molar-refractivity contribution in [2.24, 2.45) is 11.3 Å². The van der Waals surface area contributed by atoms with Crippen molar-refractivity contribution >= 4 is 22.4 Å². The van der Waals surface area contributed by atoms with E-state index in [9.17, 15) is 19.4 Å². The van der Waals surface area contributed by atoms with Gasteiger partial charge in [-0.1, -0.05) is 12.8 Å². The number of carboxylic acids is 1. The van der Waals surface area contributed by atoms with Crippen molar-refractivity contribution < 1.29 is 19.4 Å². The van der Waals surface area contributed by atoms with E-state index in [-0.39, 0.29) is 12.4 Å². The molecule has 2 N–H and O–H groups in total. The van der Waals surface area contributed by atoms with Crippen molar-refractivity contribution in [3.8, 4) is 11.3 Å². The zero-order valence-corrected chi connectivity index (χ0v) is 15.1. The van der Waals surface area contributed by atoms with Gasteiger partial charge in [-0.25, -0.2) is 9.37 Å². The molecule has 4 rings (SSSR count). The first-order chi connectivity index (χ1) is 12.5. The summed E-state index contributed by atoms with van der Waals surface area (Å²) in [6.07, 6.45) is 2.22. The summed E-state index contributed by atoms with van der Waals surface area (Å²) in [4.78, 5) is 18.6. The van der Waals surface area contributed by atoms with Gasteiger partial charge in [0, 0.05) is 24.0 Å². The fraction of sp³-hybridized carbons (Fsp3) is 0.474. The number of aliphatic hydroxyl groups is 1. The highest BCUT2D eigenvalue weighted by molar-refractivity contribution is 7.14. The molecule has 0 radical (unpaired) electrons. The number of carbonyl (C=O) groups is 1. The molecule has 0 unspecified atom stereocenters. The van der Waals surface area contributed by atoms with E-state index in [4.69, 9.17) is 0 Å². The lowest BCUT2D eigenvalue weighted by Crippen LogP contribution is -2.56. The second-order valence-electron chi connectivity index (χ2n) is 7.36. The van der Waals surface area contributed by atoms with E-state index in [0.29, 0.717) is 25.3 Å². The van der Waals surface area contributed by atoms with Gasteiger partial charge in [0.15, 0.2) is 5.13 Å². The molecule has 1 saturated heterocycles. The SMILES string of the molecule is O=C(O)[C@@]1(CC2CC2)CN(c2nc(-c3ccc(F)cc3)cs2)CC[C@@H]1O. The molecule has 2 fully saturated rings. The minimum atomic E-state index is -1.12. The Balaban J connectivity index is 1.58. The van der Waals surface area contributed by atoms with Gasteiger partial charge in [-0.3, -0.25) is 4.79 Å². The van der Waals surface area contributed by atoms with Crippen molar-refractivity contribution in [1.29, 1.82) is 0 Å². The average Bonchev–Trinajstić information content (AvgIpc) is 3.29. The number of anilines is 1. The van der Waals surface area contributed by atoms with Crippen LogP contribution in [-0.2, 0) is 4.79 Å². The lowest BCUT2D eigenvalue weighted by molar-refractivity contribution is -0.158. The summed E-state index contributed by atoms with van der Waals surface area (Å²) in [5, 5.41) is 23.0. The summed E-state index contributed by atoms with van der Waals surface area (Å²) < 4.78 is 13.1. The van der Waals surface area contributed by atoms with Crippen LogP contribution in [0.5, 0.6) is 0 Å². The van der Waals surface area contributed by atoms with Gasteiger partial charge in [0.05, 0.1) is 11.8 Å². The van der Waals surface area contributed by atoms with Crippen LogP contribution in [0.2, 0.25) is 0 Å². The van der Waals surface area contributed by atoms with Crippen LogP contribution in [0.15, 0.2) is 29.6 Å². The molecule has 7 heteroatoms. The fourth-order valence-electron chi connectivity index (χ4n) is 3.74. The van der Waals surface area contributed by atoms with Crippen LogP contribution in [-0.4, -0.2) is 40.4 Å². The van der Waals surface area contributed by atoms with E-state index in [1.807, 2.05) is 10.3 Å². The molecule has 0 amide bonds. The predicted octanol–water partition coefficient (Wildman–Crippen LogP) is 3.39. The smallest absolute Gasteiger partial charge is 0.314 e. The van der Waals surface area contributed by atoms with Gasteiger partial charge in [0.2, 0.25) is 0 Å². The summed E-state index contributed by atoms with van der Waals surface area (Å²) >= 11 is 1.45. The maximum atomic E-state index is 13.1. The average molecular weight is 376 g/mol. The summed E-state index contributed by atoms with van der Waals surface area (Å²) in [6, 6.07) is 6.17. The van der Waals surface area contributed by atoms with E-state index >= 15 is 0 Å². The Labute approximate surface area is 155 Å². The second-order valence-corrected chi connectivity index (χ2v) is 8.19. The van der Waals surface area contributed by atoms with Gasteiger partial charge < -0.3 is 15.1 Å². The van der Waals surface area contributed by atoms with Crippen LogP contribution in [0.25, 0.3) is 11.3 Å². The topological polar surface area (TPSA) is 73.7 Å². The summed E-state index contributed by atoms with van der Waals surface area (Å²) in [6.45, 7) is 0.855. The third-order valence-corrected chi connectivity index (χ3v) is 6.36. The van der Waals surface area contributed by atoms with Gasteiger partial charge >= 0.3 is 5.97 Å². The number of halogens is 1. The van der Waals surface area contributed by atoms with E-state index in [2.05, 4.69) is 4.98 Å². The van der Waals surface area contributed by atoms with Crippen molar-refractivity contribution in [2.45, 2.75) is 31.8 Å². The van der Waals surface area contributed by atoms with Gasteiger partial charge in [0.1, 0.15) is 11.2 Å². The highest BCUT2D eigenvalue weighted by Crippen LogP contribution is 2.46. The monoisotopic (exact) mass is 376 g/mol. The number of hydrogen-bond acceptors (Lipinski definition) is 5. The van der Waals surface area contributed by atoms with Crippen LogP contribution in [0.4, 0.5) is 9.52 Å². The summed E-state index contributed by atoms with van der Waals surface area (Å²) in [5.74, 6) is -0.802. The standard InChI is InChI=1S/C19H21FN2O3S/c20-14-5-3-13(4-6-14)15-10-26-18(21-15)22-8-7-16(23)19(11-22,17(24)25)9-12-1-2-12/h3-6,10,12,16,23H,1-2,7-9,11H2,(H,24,25)/t16-,19-/m0/s1. The minimum Gasteiger partial charge on any atom is -0.481 e. The molecule has 2 aliphatic rings. The molecule has 1 aromatic heterocycles. The molecular formula is C19H21FN2O3S. The third kappa shape index (κ3) is 3.21. The largest absolute Gasteiger partial charge is 0.481 e. The number of thiazole rings is 1. The molecule has 2 atom stereocenters. The van der Waals surface area contributed by atoms with E-state index in [0.717, 1.165) is 29.2 Å². The third-order valence-electron chi connectivity index (χ3n) is 5.46. The molecule has 5 nitrogen and oxygen atoms in total. The Morgan fingerprint density at radius 2 is 2.04 bits per heavy atom. The molecular weight excluding hydrogens is 355 g/mol. The number of hydrogen-bond donors (Lipinski definition) is 2. The fourth-order valence-corrected chi connectivity index (χ4v) is 4.60. The Morgan fingerprint density at radius 3 is 2.69 bits per heavy atom. The lowest BCUT2D eigenvalue weighted by Gasteiger charge is -2.43. The Morgan fingerprint density at radius 1 is 1.31 bits per heavy atom. The summed E-state index contributed by atoms with van der Waals surface area (Å²) in [7, 11) is 0. The molecule has 1 saturated carbocycles. The number of aliphatic hydroxyl groups excluding tert-OH is 1. The highest BCUT2D eigenvalue weighted by atomic mass is 32.1. The number of benzene rings is 1. The Kier molecular flexibility index (Phi) is 4.44. The molecule has 26 heavy (non-hydrogen) atoms. The Bertz CT molecular complexity index is 805. The quantitative estimate of drug-likeness (QED) is 0.837. The molecule has 2 heterocycles. The second kappa shape index (κ2) is 6.63. The van der Waals surface area contributed by atoms with Crippen LogP contribution < -0.4 is 4.90 Å². The number of aromatic nitrogens is 1. The molecule has 1 aliphatic heterocycles. The maximum absolute atomic E-state index is 13.1. The first-order valence-corrected chi connectivity index (χ1v) is 9.74. The molecule has 2 aromatic rings. The maximum Gasteiger partial charge on any atom is 0.314 e. The van der Waals surface area contributed by atoms with Crippen LogP contribution >= 0.6 is 11.3 Å². The van der Waals surface area contributed by atoms with Crippen molar-refractivity contribution in [3.05, 3.63) is 35.5 Å². The van der Waals surface area contributed by atoms with Gasteiger partial charge in [-0.15, -0.1) is 11.3 Å². The zero-order valence-electron chi connectivity index (χ0n) is 14.3. The van der Waals surface area contributed by atoms with Crippen LogP contribution in [0, 0.1) is 17.2 Å². The Hall–Kier alpha value is -1.99. The highest BCUT2D eigenvalue weighted by Gasteiger charge is 2.52.